The number of hydrogen-bond donors (Lipinski definition) is 0. The van der Waals surface area contributed by atoms with Crippen LogP contribution < -0.4 is 0 Å². The highest BCUT2D eigenvalue weighted by molar-refractivity contribution is 6.13. The van der Waals surface area contributed by atoms with Crippen LogP contribution in [0.4, 0.5) is 0 Å². The minimum Gasteiger partial charge on any atom is -0.466 e. The van der Waals surface area contributed by atoms with Gasteiger partial charge in [-0.1, -0.05) is 60.7 Å². The molecule has 0 fully saturated rings. The van der Waals surface area contributed by atoms with Crippen molar-refractivity contribution in [3.05, 3.63) is 71.8 Å². The fraction of sp³-hybridized carbons (Fsp3) is 0.250. The lowest BCUT2D eigenvalue weighted by atomic mass is 10.0. The molecule has 2 aromatic carbocycles. The number of esters is 1. The van der Waals surface area contributed by atoms with Crippen LogP contribution in [0.2, 0.25) is 0 Å². The molecule has 0 heterocycles. The zero-order valence-corrected chi connectivity index (χ0v) is 13.8. The van der Waals surface area contributed by atoms with Crippen LogP contribution in [-0.2, 0) is 14.3 Å². The Labute approximate surface area is 142 Å². The molecule has 0 aliphatic carbocycles. The third-order valence-electron chi connectivity index (χ3n) is 3.42. The Morgan fingerprint density at radius 2 is 1.42 bits per heavy atom. The van der Waals surface area contributed by atoms with Gasteiger partial charge in [0.1, 0.15) is 0 Å². The Morgan fingerprint density at radius 3 is 1.92 bits per heavy atom. The SMILES string of the molecule is CCOC(=O)CCC(=O)CN=C(c1ccccc1)c1ccccc1. The fourth-order valence-corrected chi connectivity index (χ4v) is 2.26. The molecule has 0 N–H and O–H groups in total. The largest absolute Gasteiger partial charge is 0.466 e. The van der Waals surface area contributed by atoms with Gasteiger partial charge in [-0.15, -0.1) is 0 Å². The second-order valence-electron chi connectivity index (χ2n) is 5.24. The first kappa shape index (κ1) is 17.6. The van der Waals surface area contributed by atoms with Crippen molar-refractivity contribution >= 4 is 17.5 Å². The number of ether oxygens (including phenoxy) is 1. The Kier molecular flexibility index (Phi) is 6.90. The van der Waals surface area contributed by atoms with Gasteiger partial charge in [0.15, 0.2) is 5.78 Å². The molecule has 0 aliphatic rings. The summed E-state index contributed by atoms with van der Waals surface area (Å²) in [4.78, 5) is 27.8. The maximum atomic E-state index is 12.0. The number of nitrogens with zero attached hydrogens (tertiary/aromatic N) is 1. The Hall–Kier alpha value is -2.75. The van der Waals surface area contributed by atoms with Crippen LogP contribution in [-0.4, -0.2) is 30.6 Å². The number of ketones is 1. The average molecular weight is 323 g/mol. The van der Waals surface area contributed by atoms with Crippen molar-refractivity contribution in [2.75, 3.05) is 13.2 Å². The minimum atomic E-state index is -0.346. The summed E-state index contributed by atoms with van der Waals surface area (Å²) >= 11 is 0. The standard InChI is InChI=1S/C20H21NO3/c1-2-24-19(23)14-13-18(22)15-21-20(16-9-5-3-6-10-16)17-11-7-4-8-12-17/h3-12H,2,13-15H2,1H3. The number of hydrogen-bond acceptors (Lipinski definition) is 4. The number of carbonyl (C=O) groups is 2. The topological polar surface area (TPSA) is 55.7 Å². The summed E-state index contributed by atoms with van der Waals surface area (Å²) in [5, 5.41) is 0. The molecule has 0 unspecified atom stereocenters. The van der Waals surface area contributed by atoms with Crippen molar-refractivity contribution < 1.29 is 14.3 Å². The maximum Gasteiger partial charge on any atom is 0.306 e. The van der Waals surface area contributed by atoms with E-state index in [1.54, 1.807) is 6.92 Å². The van der Waals surface area contributed by atoms with Crippen molar-refractivity contribution in [2.45, 2.75) is 19.8 Å². The van der Waals surface area contributed by atoms with Gasteiger partial charge < -0.3 is 4.74 Å². The number of benzene rings is 2. The predicted octanol–water partition coefficient (Wildman–Crippen LogP) is 3.44. The van der Waals surface area contributed by atoms with Crippen LogP contribution >= 0.6 is 0 Å². The zero-order chi connectivity index (χ0) is 17.2. The molecule has 2 rings (SSSR count). The molecule has 0 aromatic heterocycles. The number of carbonyl (C=O) groups excluding carboxylic acids is 2. The monoisotopic (exact) mass is 323 g/mol. The molecule has 0 spiro atoms. The van der Waals surface area contributed by atoms with Gasteiger partial charge in [0, 0.05) is 17.5 Å². The van der Waals surface area contributed by atoms with E-state index in [0.717, 1.165) is 16.8 Å². The van der Waals surface area contributed by atoms with E-state index in [9.17, 15) is 9.59 Å². The number of Topliss-reactive ketones (excluding diaryl/α,β-unsaturated/α-hetero) is 1. The summed E-state index contributed by atoms with van der Waals surface area (Å²) in [5.74, 6) is -0.423. The van der Waals surface area contributed by atoms with Crippen molar-refractivity contribution in [3.8, 4) is 0 Å². The van der Waals surface area contributed by atoms with E-state index in [1.165, 1.54) is 0 Å². The molecule has 0 saturated carbocycles. The van der Waals surface area contributed by atoms with Gasteiger partial charge in [-0.2, -0.15) is 0 Å². The molecule has 124 valence electrons. The summed E-state index contributed by atoms with van der Waals surface area (Å²) < 4.78 is 4.83. The molecule has 0 radical (unpaired) electrons. The van der Waals surface area contributed by atoms with Crippen LogP contribution in [0.25, 0.3) is 0 Å². The number of aliphatic imine (C=N–C) groups is 1. The first-order valence-electron chi connectivity index (χ1n) is 8.03. The summed E-state index contributed by atoms with van der Waals surface area (Å²) in [6.07, 6.45) is 0.257. The molecule has 24 heavy (non-hydrogen) atoms. The first-order chi connectivity index (χ1) is 11.7. The highest BCUT2D eigenvalue weighted by Gasteiger charge is 2.10. The van der Waals surface area contributed by atoms with Gasteiger partial charge in [-0.05, 0) is 6.92 Å². The van der Waals surface area contributed by atoms with E-state index < -0.39 is 0 Å². The fourth-order valence-electron chi connectivity index (χ4n) is 2.26. The minimum absolute atomic E-state index is 0.0541. The smallest absolute Gasteiger partial charge is 0.306 e. The van der Waals surface area contributed by atoms with E-state index in [0.29, 0.717) is 6.61 Å². The van der Waals surface area contributed by atoms with E-state index in [-0.39, 0.29) is 31.1 Å². The molecule has 0 bridgehead atoms. The average Bonchev–Trinajstić information content (AvgIpc) is 2.62. The normalized spacial score (nSPS) is 10.0. The molecule has 4 heteroatoms. The van der Waals surface area contributed by atoms with E-state index in [2.05, 4.69) is 4.99 Å². The summed E-state index contributed by atoms with van der Waals surface area (Å²) in [5.41, 5.74) is 2.70. The molecule has 0 aliphatic heterocycles. The molecule has 0 saturated heterocycles. The van der Waals surface area contributed by atoms with Crippen LogP contribution in [0, 0.1) is 0 Å². The van der Waals surface area contributed by atoms with Gasteiger partial charge in [-0.3, -0.25) is 14.6 Å². The Bertz CT molecular complexity index is 652. The highest BCUT2D eigenvalue weighted by Crippen LogP contribution is 2.11. The lowest BCUT2D eigenvalue weighted by Gasteiger charge is -2.07. The molecular weight excluding hydrogens is 302 g/mol. The van der Waals surface area contributed by atoms with Gasteiger partial charge >= 0.3 is 5.97 Å². The Balaban J connectivity index is 2.09. The number of rotatable bonds is 8. The molecule has 4 nitrogen and oxygen atoms in total. The van der Waals surface area contributed by atoms with Gasteiger partial charge in [0.25, 0.3) is 0 Å². The lowest BCUT2D eigenvalue weighted by molar-refractivity contribution is -0.144. The van der Waals surface area contributed by atoms with Crippen molar-refractivity contribution in [3.63, 3.8) is 0 Å². The van der Waals surface area contributed by atoms with Crippen molar-refractivity contribution in [2.24, 2.45) is 4.99 Å². The van der Waals surface area contributed by atoms with Crippen LogP contribution in [0.3, 0.4) is 0 Å². The molecular formula is C20H21NO3. The third kappa shape index (κ3) is 5.47. The zero-order valence-electron chi connectivity index (χ0n) is 13.8. The Morgan fingerprint density at radius 1 is 0.875 bits per heavy atom. The van der Waals surface area contributed by atoms with Crippen molar-refractivity contribution in [1.29, 1.82) is 0 Å². The van der Waals surface area contributed by atoms with Crippen LogP contribution in [0.15, 0.2) is 65.7 Å². The highest BCUT2D eigenvalue weighted by atomic mass is 16.5. The first-order valence-corrected chi connectivity index (χ1v) is 8.03. The van der Waals surface area contributed by atoms with Gasteiger partial charge in [-0.25, -0.2) is 0 Å². The molecule has 2 aromatic rings. The lowest BCUT2D eigenvalue weighted by Crippen LogP contribution is -2.12. The third-order valence-corrected chi connectivity index (χ3v) is 3.42. The van der Waals surface area contributed by atoms with Crippen molar-refractivity contribution in [1.82, 2.24) is 0 Å². The second kappa shape index (κ2) is 9.40. The van der Waals surface area contributed by atoms with E-state index in [1.807, 2.05) is 60.7 Å². The van der Waals surface area contributed by atoms with E-state index >= 15 is 0 Å². The predicted molar refractivity (Wildman–Crippen MR) is 94.3 cm³/mol. The molecule has 0 atom stereocenters. The van der Waals surface area contributed by atoms with Crippen LogP contribution in [0.1, 0.15) is 30.9 Å². The van der Waals surface area contributed by atoms with Gasteiger partial charge in [0.2, 0.25) is 0 Å². The maximum absolute atomic E-state index is 12.0. The second-order valence-corrected chi connectivity index (χ2v) is 5.24. The quantitative estimate of drug-likeness (QED) is 0.552. The summed E-state index contributed by atoms with van der Waals surface area (Å²) in [6, 6.07) is 19.5. The van der Waals surface area contributed by atoms with Gasteiger partial charge in [0.05, 0.1) is 25.3 Å². The summed E-state index contributed by atoms with van der Waals surface area (Å²) in [6.45, 7) is 2.13. The van der Waals surface area contributed by atoms with E-state index in [4.69, 9.17) is 4.74 Å². The molecule has 0 amide bonds. The van der Waals surface area contributed by atoms with Crippen LogP contribution in [0.5, 0.6) is 0 Å². The summed E-state index contributed by atoms with van der Waals surface area (Å²) in [7, 11) is 0.